The van der Waals surface area contributed by atoms with Crippen LogP contribution in [0.5, 0.6) is 5.75 Å². The smallest absolute Gasteiger partial charge is 0.142 e. The molecule has 1 heterocycles. The van der Waals surface area contributed by atoms with Crippen LogP contribution in [-0.2, 0) is 11.4 Å². The standard InChI is InChI=1S/C19H18N2O2/c1-22-19-11-9-17(10-12-19)21-13-5-8-18(21)14-20-23-15-16-6-3-2-4-7-16/h2-14H,15H2,1H3/b20-14+. The van der Waals surface area contributed by atoms with Gasteiger partial charge in [-0.2, -0.15) is 0 Å². The van der Waals surface area contributed by atoms with Crippen LogP contribution < -0.4 is 4.74 Å². The summed E-state index contributed by atoms with van der Waals surface area (Å²) >= 11 is 0. The zero-order valence-electron chi connectivity index (χ0n) is 12.9. The molecule has 0 bridgehead atoms. The van der Waals surface area contributed by atoms with E-state index in [0.717, 1.165) is 22.7 Å². The van der Waals surface area contributed by atoms with E-state index in [2.05, 4.69) is 5.16 Å². The highest BCUT2D eigenvalue weighted by Gasteiger charge is 2.01. The van der Waals surface area contributed by atoms with Crippen LogP contribution in [0, 0.1) is 0 Å². The lowest BCUT2D eigenvalue weighted by molar-refractivity contribution is 0.132. The Morgan fingerprint density at radius 1 is 0.957 bits per heavy atom. The van der Waals surface area contributed by atoms with Crippen molar-refractivity contribution in [3.05, 3.63) is 84.2 Å². The maximum atomic E-state index is 5.36. The van der Waals surface area contributed by atoms with Gasteiger partial charge < -0.3 is 14.1 Å². The van der Waals surface area contributed by atoms with Gasteiger partial charge in [-0.3, -0.25) is 0 Å². The van der Waals surface area contributed by atoms with Crippen molar-refractivity contribution in [1.82, 2.24) is 4.57 Å². The lowest BCUT2D eigenvalue weighted by Gasteiger charge is -2.07. The molecule has 0 amide bonds. The van der Waals surface area contributed by atoms with Crippen LogP contribution in [0.15, 0.2) is 78.1 Å². The van der Waals surface area contributed by atoms with Gasteiger partial charge in [0.25, 0.3) is 0 Å². The zero-order chi connectivity index (χ0) is 15.9. The molecular formula is C19H18N2O2. The summed E-state index contributed by atoms with van der Waals surface area (Å²) in [6, 6.07) is 21.8. The highest BCUT2D eigenvalue weighted by atomic mass is 16.6. The highest BCUT2D eigenvalue weighted by Crippen LogP contribution is 2.16. The average molecular weight is 306 g/mol. The number of oxime groups is 1. The third kappa shape index (κ3) is 3.80. The Bertz CT molecular complexity index is 762. The molecule has 0 saturated carbocycles. The molecule has 4 nitrogen and oxygen atoms in total. The van der Waals surface area contributed by atoms with Crippen molar-refractivity contribution < 1.29 is 9.57 Å². The second kappa shape index (κ2) is 7.31. The van der Waals surface area contributed by atoms with Crippen molar-refractivity contribution in [2.75, 3.05) is 7.11 Å². The van der Waals surface area contributed by atoms with Gasteiger partial charge in [0, 0.05) is 11.9 Å². The van der Waals surface area contributed by atoms with Crippen molar-refractivity contribution in [3.63, 3.8) is 0 Å². The van der Waals surface area contributed by atoms with Gasteiger partial charge in [0.15, 0.2) is 0 Å². The minimum absolute atomic E-state index is 0.459. The maximum absolute atomic E-state index is 5.36. The molecule has 4 heteroatoms. The van der Waals surface area contributed by atoms with Crippen molar-refractivity contribution in [3.8, 4) is 11.4 Å². The molecule has 23 heavy (non-hydrogen) atoms. The van der Waals surface area contributed by atoms with Crippen LogP contribution >= 0.6 is 0 Å². The van der Waals surface area contributed by atoms with E-state index in [1.165, 1.54) is 0 Å². The maximum Gasteiger partial charge on any atom is 0.142 e. The normalized spacial score (nSPS) is 10.8. The Morgan fingerprint density at radius 2 is 1.74 bits per heavy atom. The minimum Gasteiger partial charge on any atom is -0.497 e. The molecule has 0 spiro atoms. The van der Waals surface area contributed by atoms with Gasteiger partial charge in [-0.15, -0.1) is 0 Å². The molecule has 3 rings (SSSR count). The van der Waals surface area contributed by atoms with E-state index in [4.69, 9.17) is 9.57 Å². The van der Waals surface area contributed by atoms with Gasteiger partial charge in [-0.05, 0) is 42.0 Å². The third-order valence-corrected chi connectivity index (χ3v) is 3.46. The summed E-state index contributed by atoms with van der Waals surface area (Å²) in [6.07, 6.45) is 3.70. The number of hydrogen-bond acceptors (Lipinski definition) is 3. The lowest BCUT2D eigenvalue weighted by atomic mass is 10.2. The first-order valence-corrected chi connectivity index (χ1v) is 7.38. The molecule has 116 valence electrons. The number of ether oxygens (including phenoxy) is 1. The van der Waals surface area contributed by atoms with Gasteiger partial charge in [0.2, 0.25) is 0 Å². The number of rotatable bonds is 6. The van der Waals surface area contributed by atoms with E-state index in [1.807, 2.05) is 77.5 Å². The lowest BCUT2D eigenvalue weighted by Crippen LogP contribution is -1.98. The van der Waals surface area contributed by atoms with Crippen LogP contribution in [0.2, 0.25) is 0 Å². The Balaban J connectivity index is 1.67. The predicted molar refractivity (Wildman–Crippen MR) is 91.1 cm³/mol. The fraction of sp³-hybridized carbons (Fsp3) is 0.105. The number of nitrogens with zero attached hydrogens (tertiary/aromatic N) is 2. The van der Waals surface area contributed by atoms with Gasteiger partial charge in [0.1, 0.15) is 12.4 Å². The van der Waals surface area contributed by atoms with E-state index in [-0.39, 0.29) is 0 Å². The molecule has 1 aromatic heterocycles. The summed E-state index contributed by atoms with van der Waals surface area (Å²) < 4.78 is 7.22. The summed E-state index contributed by atoms with van der Waals surface area (Å²) in [7, 11) is 1.66. The van der Waals surface area contributed by atoms with Gasteiger partial charge in [-0.25, -0.2) is 0 Å². The second-order valence-corrected chi connectivity index (χ2v) is 4.99. The molecule has 0 atom stereocenters. The highest BCUT2D eigenvalue weighted by molar-refractivity contribution is 5.78. The summed E-state index contributed by atoms with van der Waals surface area (Å²) in [5.74, 6) is 0.835. The number of methoxy groups -OCH3 is 1. The summed E-state index contributed by atoms with van der Waals surface area (Å²) in [4.78, 5) is 5.36. The molecule has 0 aliphatic carbocycles. The Morgan fingerprint density at radius 3 is 2.48 bits per heavy atom. The quantitative estimate of drug-likeness (QED) is 0.509. The van der Waals surface area contributed by atoms with Crippen molar-refractivity contribution >= 4 is 6.21 Å². The molecule has 0 aliphatic heterocycles. The van der Waals surface area contributed by atoms with E-state index in [1.54, 1.807) is 13.3 Å². The Hall–Kier alpha value is -3.01. The third-order valence-electron chi connectivity index (χ3n) is 3.46. The van der Waals surface area contributed by atoms with Crippen LogP contribution in [-0.4, -0.2) is 17.9 Å². The minimum atomic E-state index is 0.459. The molecule has 2 aromatic carbocycles. The summed E-state index contributed by atoms with van der Waals surface area (Å²) in [6.45, 7) is 0.459. The van der Waals surface area contributed by atoms with Crippen LogP contribution in [0.25, 0.3) is 5.69 Å². The SMILES string of the molecule is COc1ccc(-n2cccc2/C=N/OCc2ccccc2)cc1. The van der Waals surface area contributed by atoms with Crippen molar-refractivity contribution in [1.29, 1.82) is 0 Å². The predicted octanol–water partition coefficient (Wildman–Crippen LogP) is 4.04. The number of hydrogen-bond donors (Lipinski definition) is 0. The fourth-order valence-corrected chi connectivity index (χ4v) is 2.25. The van der Waals surface area contributed by atoms with E-state index < -0.39 is 0 Å². The van der Waals surface area contributed by atoms with E-state index in [9.17, 15) is 0 Å². The average Bonchev–Trinajstić information content (AvgIpc) is 3.08. The van der Waals surface area contributed by atoms with Crippen LogP contribution in [0.1, 0.15) is 11.3 Å². The molecule has 0 N–H and O–H groups in total. The zero-order valence-corrected chi connectivity index (χ0v) is 12.9. The molecule has 0 fully saturated rings. The molecule has 0 aliphatic rings. The first-order valence-electron chi connectivity index (χ1n) is 7.38. The van der Waals surface area contributed by atoms with Crippen molar-refractivity contribution in [2.24, 2.45) is 5.16 Å². The monoisotopic (exact) mass is 306 g/mol. The van der Waals surface area contributed by atoms with Crippen LogP contribution in [0.4, 0.5) is 0 Å². The molecule has 0 saturated heterocycles. The fourth-order valence-electron chi connectivity index (χ4n) is 2.25. The Labute approximate surface area is 135 Å². The van der Waals surface area contributed by atoms with Crippen molar-refractivity contribution in [2.45, 2.75) is 6.61 Å². The topological polar surface area (TPSA) is 35.8 Å². The van der Waals surface area contributed by atoms with E-state index >= 15 is 0 Å². The molecule has 0 radical (unpaired) electrons. The van der Waals surface area contributed by atoms with E-state index in [0.29, 0.717) is 6.61 Å². The summed E-state index contributed by atoms with van der Waals surface area (Å²) in [5.41, 5.74) is 3.08. The second-order valence-electron chi connectivity index (χ2n) is 4.99. The number of benzene rings is 2. The molecule has 0 unspecified atom stereocenters. The first kappa shape index (κ1) is 14.9. The van der Waals surface area contributed by atoms with Gasteiger partial charge in [0.05, 0.1) is 19.0 Å². The van der Waals surface area contributed by atoms with Crippen LogP contribution in [0.3, 0.4) is 0 Å². The largest absolute Gasteiger partial charge is 0.497 e. The first-order chi connectivity index (χ1) is 11.4. The molecular weight excluding hydrogens is 288 g/mol. The Kier molecular flexibility index (Phi) is 4.74. The van der Waals surface area contributed by atoms with Gasteiger partial charge in [-0.1, -0.05) is 35.5 Å². The van der Waals surface area contributed by atoms with Gasteiger partial charge >= 0.3 is 0 Å². The molecule has 3 aromatic rings. The summed E-state index contributed by atoms with van der Waals surface area (Å²) in [5, 5.41) is 4.06. The number of aromatic nitrogens is 1.